The van der Waals surface area contributed by atoms with E-state index in [2.05, 4.69) is 0 Å². The van der Waals surface area contributed by atoms with Crippen molar-refractivity contribution < 1.29 is 9.53 Å². The number of ether oxygens (including phenoxy) is 1. The van der Waals surface area contributed by atoms with Crippen molar-refractivity contribution in [2.75, 3.05) is 20.2 Å². The van der Waals surface area contributed by atoms with E-state index in [1.54, 1.807) is 7.11 Å². The van der Waals surface area contributed by atoms with Gasteiger partial charge in [-0.2, -0.15) is 0 Å². The molecule has 2 fully saturated rings. The van der Waals surface area contributed by atoms with Crippen molar-refractivity contribution >= 4 is 23.1 Å². The molecule has 1 aliphatic heterocycles. The number of likely N-dealkylation sites (tertiary alicyclic amines) is 1. The van der Waals surface area contributed by atoms with Gasteiger partial charge in [0, 0.05) is 20.2 Å². The highest BCUT2D eigenvalue weighted by Crippen LogP contribution is 2.40. The minimum Gasteiger partial charge on any atom is -0.392 e. The SMILES string of the molecule is COC1CCCN(C(=O)C2(C(N)=S)CCCC2)C1. The lowest BCUT2D eigenvalue weighted by molar-refractivity contribution is -0.141. The summed E-state index contributed by atoms with van der Waals surface area (Å²) < 4.78 is 5.37. The van der Waals surface area contributed by atoms with Crippen LogP contribution in [0.4, 0.5) is 0 Å². The molecular weight excluding hydrogens is 248 g/mol. The highest BCUT2D eigenvalue weighted by atomic mass is 32.1. The van der Waals surface area contributed by atoms with Crippen LogP contribution < -0.4 is 5.73 Å². The molecule has 1 saturated heterocycles. The highest BCUT2D eigenvalue weighted by Gasteiger charge is 2.46. The molecule has 1 unspecified atom stereocenters. The van der Waals surface area contributed by atoms with E-state index in [0.29, 0.717) is 11.5 Å². The lowest BCUT2D eigenvalue weighted by Crippen LogP contribution is -2.53. The van der Waals surface area contributed by atoms with Crippen LogP contribution in [0.15, 0.2) is 0 Å². The maximum Gasteiger partial charge on any atom is 0.235 e. The van der Waals surface area contributed by atoms with Crippen molar-refractivity contribution in [3.63, 3.8) is 0 Å². The van der Waals surface area contributed by atoms with Crippen molar-refractivity contribution in [1.29, 1.82) is 0 Å². The summed E-state index contributed by atoms with van der Waals surface area (Å²) in [6.07, 6.45) is 5.91. The molecule has 0 bridgehead atoms. The first-order chi connectivity index (χ1) is 8.60. The first-order valence-electron chi connectivity index (χ1n) is 6.72. The fourth-order valence-corrected chi connectivity index (χ4v) is 3.45. The molecule has 1 saturated carbocycles. The molecule has 5 heteroatoms. The zero-order chi connectivity index (χ0) is 13.2. The Labute approximate surface area is 114 Å². The Morgan fingerprint density at radius 2 is 2.06 bits per heavy atom. The number of rotatable bonds is 3. The zero-order valence-corrected chi connectivity index (χ0v) is 11.8. The molecule has 1 amide bonds. The van der Waals surface area contributed by atoms with Crippen LogP contribution in [0.2, 0.25) is 0 Å². The quantitative estimate of drug-likeness (QED) is 0.789. The molecule has 2 rings (SSSR count). The predicted octanol–water partition coefficient (Wildman–Crippen LogP) is 1.47. The van der Waals surface area contributed by atoms with Crippen molar-refractivity contribution in [3.8, 4) is 0 Å². The van der Waals surface area contributed by atoms with Gasteiger partial charge in [0.1, 0.15) is 0 Å². The molecule has 2 N–H and O–H groups in total. The molecule has 2 aliphatic rings. The smallest absolute Gasteiger partial charge is 0.235 e. The summed E-state index contributed by atoms with van der Waals surface area (Å²) in [7, 11) is 1.71. The summed E-state index contributed by atoms with van der Waals surface area (Å²) in [6, 6.07) is 0. The first kappa shape index (κ1) is 13.7. The van der Waals surface area contributed by atoms with E-state index in [0.717, 1.165) is 45.1 Å². The number of thiocarbonyl (C=S) groups is 1. The van der Waals surface area contributed by atoms with Crippen LogP contribution in [0, 0.1) is 5.41 Å². The zero-order valence-electron chi connectivity index (χ0n) is 11.0. The molecule has 1 aliphatic carbocycles. The van der Waals surface area contributed by atoms with Crippen molar-refractivity contribution in [2.24, 2.45) is 11.1 Å². The van der Waals surface area contributed by atoms with Crippen molar-refractivity contribution in [3.05, 3.63) is 0 Å². The Morgan fingerprint density at radius 1 is 1.39 bits per heavy atom. The number of piperidine rings is 1. The van der Waals surface area contributed by atoms with Crippen LogP contribution in [0.25, 0.3) is 0 Å². The average Bonchev–Trinajstić information content (AvgIpc) is 2.88. The third kappa shape index (κ3) is 2.38. The monoisotopic (exact) mass is 270 g/mol. The fourth-order valence-electron chi connectivity index (χ4n) is 3.16. The standard InChI is InChI=1S/C13H22N2O2S/c1-17-10-5-4-8-15(9-10)12(16)13(11(14)18)6-2-3-7-13/h10H,2-9H2,1H3,(H2,14,18). The van der Waals surface area contributed by atoms with Crippen LogP contribution in [0.5, 0.6) is 0 Å². The molecule has 1 heterocycles. The highest BCUT2D eigenvalue weighted by molar-refractivity contribution is 7.80. The van der Waals surface area contributed by atoms with Crippen LogP contribution in [0.1, 0.15) is 38.5 Å². The van der Waals surface area contributed by atoms with Crippen LogP contribution in [0.3, 0.4) is 0 Å². The van der Waals surface area contributed by atoms with Gasteiger partial charge in [-0.15, -0.1) is 0 Å². The van der Waals surface area contributed by atoms with Crippen molar-refractivity contribution in [2.45, 2.75) is 44.6 Å². The Hall–Kier alpha value is -0.680. The maximum atomic E-state index is 12.7. The topological polar surface area (TPSA) is 55.6 Å². The summed E-state index contributed by atoms with van der Waals surface area (Å²) in [5.74, 6) is 0.134. The van der Waals surface area contributed by atoms with Crippen LogP contribution in [-0.4, -0.2) is 42.1 Å². The molecule has 1 atom stereocenters. The van der Waals surface area contributed by atoms with Gasteiger partial charge in [-0.05, 0) is 25.7 Å². The molecule has 0 spiro atoms. The summed E-state index contributed by atoms with van der Waals surface area (Å²) in [5, 5.41) is 0. The number of hydrogen-bond acceptors (Lipinski definition) is 3. The Bertz CT molecular complexity index is 340. The number of methoxy groups -OCH3 is 1. The summed E-state index contributed by atoms with van der Waals surface area (Å²) >= 11 is 5.17. The van der Waals surface area contributed by atoms with Gasteiger partial charge < -0.3 is 15.4 Å². The second-order valence-corrected chi connectivity index (χ2v) is 5.84. The first-order valence-corrected chi connectivity index (χ1v) is 7.13. The minimum absolute atomic E-state index is 0.134. The van der Waals surface area contributed by atoms with E-state index in [4.69, 9.17) is 22.7 Å². The summed E-state index contributed by atoms with van der Waals surface area (Å²) in [6.45, 7) is 1.49. The lowest BCUT2D eigenvalue weighted by atomic mass is 9.84. The molecule has 0 aromatic rings. The van der Waals surface area contributed by atoms with Gasteiger partial charge >= 0.3 is 0 Å². The van der Waals surface area contributed by atoms with E-state index in [1.165, 1.54) is 0 Å². The lowest BCUT2D eigenvalue weighted by Gasteiger charge is -2.38. The van der Waals surface area contributed by atoms with Gasteiger partial charge in [-0.3, -0.25) is 4.79 Å². The Kier molecular flexibility index (Phi) is 4.22. The van der Waals surface area contributed by atoms with Gasteiger partial charge in [0.25, 0.3) is 0 Å². The third-order valence-electron chi connectivity index (χ3n) is 4.34. The molecular formula is C13H22N2O2S. The van der Waals surface area contributed by atoms with Gasteiger partial charge in [0.15, 0.2) is 0 Å². The second-order valence-electron chi connectivity index (χ2n) is 5.40. The Morgan fingerprint density at radius 3 is 2.61 bits per heavy atom. The van der Waals surface area contributed by atoms with Crippen LogP contribution in [-0.2, 0) is 9.53 Å². The van der Waals surface area contributed by atoms with Gasteiger partial charge in [0.2, 0.25) is 5.91 Å². The van der Waals surface area contributed by atoms with E-state index in [1.807, 2.05) is 4.90 Å². The largest absolute Gasteiger partial charge is 0.392 e. The number of carbonyl (C=O) groups excluding carboxylic acids is 1. The number of nitrogens with two attached hydrogens (primary N) is 1. The maximum absolute atomic E-state index is 12.7. The summed E-state index contributed by atoms with van der Waals surface area (Å²) in [5.41, 5.74) is 5.30. The van der Waals surface area contributed by atoms with E-state index in [9.17, 15) is 4.79 Å². The molecule has 18 heavy (non-hydrogen) atoms. The minimum atomic E-state index is -0.565. The number of amides is 1. The second kappa shape index (κ2) is 5.53. The molecule has 0 aromatic carbocycles. The number of hydrogen-bond donors (Lipinski definition) is 1. The van der Waals surface area contributed by atoms with Crippen molar-refractivity contribution in [1.82, 2.24) is 4.90 Å². The molecule has 0 radical (unpaired) electrons. The van der Waals surface area contributed by atoms with Crippen LogP contribution >= 0.6 is 12.2 Å². The molecule has 0 aromatic heterocycles. The molecule has 102 valence electrons. The normalized spacial score (nSPS) is 27.2. The van der Waals surface area contributed by atoms with Gasteiger partial charge in [-0.1, -0.05) is 25.1 Å². The van der Waals surface area contributed by atoms with E-state index < -0.39 is 5.41 Å². The number of nitrogens with zero attached hydrogens (tertiary/aromatic N) is 1. The number of carbonyl (C=O) groups is 1. The van der Waals surface area contributed by atoms with Gasteiger partial charge in [0.05, 0.1) is 16.5 Å². The van der Waals surface area contributed by atoms with E-state index in [-0.39, 0.29) is 12.0 Å². The average molecular weight is 270 g/mol. The Balaban J connectivity index is 2.11. The van der Waals surface area contributed by atoms with E-state index >= 15 is 0 Å². The predicted molar refractivity (Wildman–Crippen MR) is 74.3 cm³/mol. The fraction of sp³-hybridized carbons (Fsp3) is 0.846. The third-order valence-corrected chi connectivity index (χ3v) is 4.73. The molecule has 4 nitrogen and oxygen atoms in total. The van der Waals surface area contributed by atoms with Gasteiger partial charge in [-0.25, -0.2) is 0 Å². The summed E-state index contributed by atoms with van der Waals surface area (Å²) in [4.78, 5) is 15.0.